The Bertz CT molecular complexity index is 555. The summed E-state index contributed by atoms with van der Waals surface area (Å²) in [6.07, 6.45) is 4.69. The molecule has 0 saturated carbocycles. The van der Waals surface area contributed by atoms with Crippen molar-refractivity contribution in [2.75, 3.05) is 33.4 Å². The van der Waals surface area contributed by atoms with Gasteiger partial charge in [0.1, 0.15) is 0 Å². The summed E-state index contributed by atoms with van der Waals surface area (Å²) >= 11 is 0. The minimum Gasteiger partial charge on any atom is -0.384 e. The van der Waals surface area contributed by atoms with E-state index in [4.69, 9.17) is 9.47 Å². The third-order valence-electron chi connectivity index (χ3n) is 5.22. The minimum absolute atomic E-state index is 0.0841. The van der Waals surface area contributed by atoms with Gasteiger partial charge >= 0.3 is 0 Å². The smallest absolute Gasteiger partial charge is 0.228 e. The molecule has 0 aliphatic carbocycles. The lowest BCUT2D eigenvalue weighted by atomic mass is 9.92. The molecule has 2 aliphatic rings. The zero-order chi connectivity index (χ0) is 16.4. The number of amides is 1. The molecule has 0 unspecified atom stereocenters. The van der Waals surface area contributed by atoms with E-state index in [2.05, 4.69) is 5.10 Å². The average molecular weight is 321 g/mol. The third kappa shape index (κ3) is 3.28. The Kier molecular flexibility index (Phi) is 5.02. The number of nitrogens with zero attached hydrogens (tertiary/aromatic N) is 3. The van der Waals surface area contributed by atoms with E-state index in [0.717, 1.165) is 50.2 Å². The van der Waals surface area contributed by atoms with E-state index in [-0.39, 0.29) is 17.9 Å². The van der Waals surface area contributed by atoms with Crippen molar-refractivity contribution in [2.24, 2.45) is 18.9 Å². The number of hydrogen-bond acceptors (Lipinski definition) is 4. The van der Waals surface area contributed by atoms with Crippen LogP contribution in [0.5, 0.6) is 0 Å². The quantitative estimate of drug-likeness (QED) is 0.847. The Hall–Kier alpha value is -1.40. The van der Waals surface area contributed by atoms with Crippen LogP contribution < -0.4 is 0 Å². The molecule has 3 heterocycles. The van der Waals surface area contributed by atoms with Crippen molar-refractivity contribution in [3.63, 3.8) is 0 Å². The zero-order valence-corrected chi connectivity index (χ0v) is 14.3. The normalized spacial score (nSPS) is 28.3. The number of carbonyl (C=O) groups is 1. The van der Waals surface area contributed by atoms with Crippen LogP contribution in [0.1, 0.15) is 36.6 Å². The van der Waals surface area contributed by atoms with E-state index in [1.165, 1.54) is 0 Å². The summed E-state index contributed by atoms with van der Waals surface area (Å²) in [5, 5.41) is 4.30. The Labute approximate surface area is 137 Å². The second-order valence-corrected chi connectivity index (χ2v) is 6.74. The Morgan fingerprint density at radius 2 is 2.30 bits per heavy atom. The molecule has 0 bridgehead atoms. The van der Waals surface area contributed by atoms with E-state index in [1.54, 1.807) is 7.11 Å². The van der Waals surface area contributed by atoms with Crippen LogP contribution in [0.25, 0.3) is 0 Å². The van der Waals surface area contributed by atoms with Gasteiger partial charge in [-0.3, -0.25) is 9.48 Å². The van der Waals surface area contributed by atoms with Gasteiger partial charge in [0.05, 0.1) is 24.8 Å². The maximum absolute atomic E-state index is 13.0. The number of aryl methyl sites for hydroxylation is 1. The summed E-state index contributed by atoms with van der Waals surface area (Å²) in [6.45, 7) is 5.07. The van der Waals surface area contributed by atoms with Crippen LogP contribution in [0.2, 0.25) is 0 Å². The number of rotatable bonds is 4. The van der Waals surface area contributed by atoms with Crippen LogP contribution in [0, 0.1) is 18.8 Å². The van der Waals surface area contributed by atoms with Crippen molar-refractivity contribution < 1.29 is 14.3 Å². The second kappa shape index (κ2) is 7.01. The number of carbonyl (C=O) groups excluding carboxylic acids is 1. The molecule has 3 atom stereocenters. The van der Waals surface area contributed by atoms with Crippen LogP contribution >= 0.6 is 0 Å². The molecule has 0 N–H and O–H groups in total. The SMILES string of the molecule is COC[C@H]1CCCN(C(=O)[C@H]2CCO[C@@H]2c2cnn(C)c2C)C1. The fraction of sp³-hybridized carbons (Fsp3) is 0.765. The highest BCUT2D eigenvalue weighted by Crippen LogP contribution is 2.37. The van der Waals surface area contributed by atoms with Gasteiger partial charge in [-0.2, -0.15) is 5.10 Å². The maximum Gasteiger partial charge on any atom is 0.228 e. The molecule has 0 aromatic carbocycles. The van der Waals surface area contributed by atoms with Gasteiger partial charge in [-0.25, -0.2) is 0 Å². The number of ether oxygens (including phenoxy) is 2. The van der Waals surface area contributed by atoms with E-state index in [0.29, 0.717) is 12.5 Å². The average Bonchev–Trinajstić information content (AvgIpc) is 3.15. The topological polar surface area (TPSA) is 56.6 Å². The fourth-order valence-corrected chi connectivity index (χ4v) is 3.82. The van der Waals surface area contributed by atoms with Gasteiger partial charge < -0.3 is 14.4 Å². The van der Waals surface area contributed by atoms with Crippen LogP contribution in [0.15, 0.2) is 6.20 Å². The van der Waals surface area contributed by atoms with Gasteiger partial charge in [0.15, 0.2) is 0 Å². The highest BCUT2D eigenvalue weighted by Gasteiger charge is 2.40. The molecule has 2 aliphatic heterocycles. The molecule has 1 amide bonds. The van der Waals surface area contributed by atoms with Crippen LogP contribution in [-0.2, 0) is 21.3 Å². The van der Waals surface area contributed by atoms with Crippen molar-refractivity contribution in [3.05, 3.63) is 17.5 Å². The molecule has 128 valence electrons. The summed E-state index contributed by atoms with van der Waals surface area (Å²) in [6, 6.07) is 0. The van der Waals surface area contributed by atoms with Gasteiger partial charge in [-0.1, -0.05) is 0 Å². The van der Waals surface area contributed by atoms with E-state index >= 15 is 0 Å². The molecule has 3 rings (SSSR count). The van der Waals surface area contributed by atoms with Crippen molar-refractivity contribution in [1.82, 2.24) is 14.7 Å². The van der Waals surface area contributed by atoms with Gasteiger partial charge in [-0.05, 0) is 32.1 Å². The Morgan fingerprint density at radius 3 is 3.00 bits per heavy atom. The van der Waals surface area contributed by atoms with E-state index in [9.17, 15) is 4.79 Å². The van der Waals surface area contributed by atoms with E-state index < -0.39 is 0 Å². The van der Waals surface area contributed by atoms with Crippen molar-refractivity contribution in [2.45, 2.75) is 32.3 Å². The molecular weight excluding hydrogens is 294 g/mol. The lowest BCUT2D eigenvalue weighted by Crippen LogP contribution is -2.44. The summed E-state index contributed by atoms with van der Waals surface area (Å²) < 4.78 is 13.0. The maximum atomic E-state index is 13.0. The predicted molar refractivity (Wildman–Crippen MR) is 85.9 cm³/mol. The molecule has 2 fully saturated rings. The number of aromatic nitrogens is 2. The Balaban J connectivity index is 1.72. The summed E-state index contributed by atoms with van der Waals surface area (Å²) in [7, 11) is 3.65. The molecule has 6 nitrogen and oxygen atoms in total. The molecule has 23 heavy (non-hydrogen) atoms. The standard InChI is InChI=1S/C17H27N3O3/c1-12-15(9-18-19(12)2)16-14(6-8-23-16)17(21)20-7-4-5-13(10-20)11-22-3/h9,13-14,16H,4-8,10-11H2,1-3H3/t13-,14-,16-/m0/s1. The van der Waals surface area contributed by atoms with Gasteiger partial charge in [0.25, 0.3) is 0 Å². The van der Waals surface area contributed by atoms with Crippen molar-refractivity contribution in [3.8, 4) is 0 Å². The first kappa shape index (κ1) is 16.5. The lowest BCUT2D eigenvalue weighted by Gasteiger charge is -2.34. The van der Waals surface area contributed by atoms with Gasteiger partial charge in [0.2, 0.25) is 5.91 Å². The minimum atomic E-state index is -0.154. The van der Waals surface area contributed by atoms with Crippen molar-refractivity contribution >= 4 is 5.91 Å². The largest absolute Gasteiger partial charge is 0.384 e. The summed E-state index contributed by atoms with van der Waals surface area (Å²) in [5.74, 6) is 0.606. The van der Waals surface area contributed by atoms with Gasteiger partial charge in [0, 0.05) is 45.1 Å². The van der Waals surface area contributed by atoms with Crippen LogP contribution in [0.3, 0.4) is 0 Å². The summed E-state index contributed by atoms with van der Waals surface area (Å²) in [5.41, 5.74) is 2.12. The van der Waals surface area contributed by atoms with Crippen LogP contribution in [0.4, 0.5) is 0 Å². The molecule has 1 aromatic rings. The fourth-order valence-electron chi connectivity index (χ4n) is 3.82. The molecule has 0 spiro atoms. The third-order valence-corrected chi connectivity index (χ3v) is 5.22. The highest BCUT2D eigenvalue weighted by atomic mass is 16.5. The molecule has 0 radical (unpaired) electrons. The first-order chi connectivity index (χ1) is 11.1. The molecule has 1 aromatic heterocycles. The number of hydrogen-bond donors (Lipinski definition) is 0. The summed E-state index contributed by atoms with van der Waals surface area (Å²) in [4.78, 5) is 15.0. The monoisotopic (exact) mass is 321 g/mol. The second-order valence-electron chi connectivity index (χ2n) is 6.74. The first-order valence-corrected chi connectivity index (χ1v) is 8.49. The van der Waals surface area contributed by atoms with Crippen molar-refractivity contribution in [1.29, 1.82) is 0 Å². The zero-order valence-electron chi connectivity index (χ0n) is 14.3. The highest BCUT2D eigenvalue weighted by molar-refractivity contribution is 5.80. The Morgan fingerprint density at radius 1 is 1.48 bits per heavy atom. The number of methoxy groups -OCH3 is 1. The lowest BCUT2D eigenvalue weighted by molar-refractivity contribution is -0.139. The number of piperidine rings is 1. The molecule has 6 heteroatoms. The predicted octanol–water partition coefficient (Wildman–Crippen LogP) is 1.69. The first-order valence-electron chi connectivity index (χ1n) is 8.49. The molecular formula is C17H27N3O3. The van der Waals surface area contributed by atoms with Gasteiger partial charge in [-0.15, -0.1) is 0 Å². The van der Waals surface area contributed by atoms with Crippen LogP contribution in [-0.4, -0.2) is 54.0 Å². The number of likely N-dealkylation sites (tertiary alicyclic amines) is 1. The molecule has 2 saturated heterocycles. The van der Waals surface area contributed by atoms with E-state index in [1.807, 2.05) is 29.7 Å².